The number of hydrogen-bond donors (Lipinski definition) is 3. The van der Waals surface area contributed by atoms with E-state index < -0.39 is 18.0 Å². The fourth-order valence-electron chi connectivity index (χ4n) is 1.42. The number of urea groups is 1. The molecule has 0 rings (SSSR count). The van der Waals surface area contributed by atoms with Gasteiger partial charge in [-0.3, -0.25) is 4.79 Å². The molecular formula is C12H24N2O4. The Labute approximate surface area is 108 Å². The smallest absolute Gasteiger partial charge is 0.317 e. The first-order chi connectivity index (χ1) is 8.25. The second-order valence-electron chi connectivity index (χ2n) is 4.93. The molecular weight excluding hydrogens is 236 g/mol. The van der Waals surface area contributed by atoms with Gasteiger partial charge in [-0.1, -0.05) is 13.8 Å². The molecule has 18 heavy (non-hydrogen) atoms. The van der Waals surface area contributed by atoms with Gasteiger partial charge in [-0.05, 0) is 19.3 Å². The van der Waals surface area contributed by atoms with E-state index in [9.17, 15) is 9.59 Å². The van der Waals surface area contributed by atoms with Crippen LogP contribution in [0.15, 0.2) is 0 Å². The number of rotatable bonds is 7. The number of hydrogen-bond acceptors (Lipinski definition) is 3. The molecule has 0 radical (unpaired) electrons. The summed E-state index contributed by atoms with van der Waals surface area (Å²) in [5, 5.41) is 20.7. The number of carbonyl (C=O) groups excluding carboxylic acids is 1. The van der Waals surface area contributed by atoms with Crippen molar-refractivity contribution in [2.45, 2.75) is 33.3 Å². The summed E-state index contributed by atoms with van der Waals surface area (Å²) in [7, 11) is 1.61. The molecule has 0 aromatic heterocycles. The molecule has 106 valence electrons. The van der Waals surface area contributed by atoms with Crippen molar-refractivity contribution >= 4 is 12.0 Å². The number of aliphatic carboxylic acids is 1. The van der Waals surface area contributed by atoms with E-state index in [1.807, 2.05) is 13.8 Å². The second-order valence-corrected chi connectivity index (χ2v) is 4.93. The molecule has 0 aliphatic carbocycles. The number of carboxylic acid groups (broad SMARTS) is 1. The van der Waals surface area contributed by atoms with Crippen molar-refractivity contribution < 1.29 is 19.8 Å². The van der Waals surface area contributed by atoms with Crippen LogP contribution in [0.4, 0.5) is 4.79 Å². The lowest BCUT2D eigenvalue weighted by Crippen LogP contribution is -2.42. The number of aliphatic hydroxyl groups is 1. The molecule has 0 spiro atoms. The molecule has 0 aromatic carbocycles. The zero-order valence-electron chi connectivity index (χ0n) is 11.5. The normalized spacial score (nSPS) is 14.1. The molecule has 0 aliphatic rings. The molecule has 0 saturated carbocycles. The molecule has 0 aliphatic heterocycles. The third kappa shape index (κ3) is 6.44. The number of nitrogens with one attached hydrogen (secondary N) is 1. The van der Waals surface area contributed by atoms with Crippen molar-refractivity contribution in [3.63, 3.8) is 0 Å². The van der Waals surface area contributed by atoms with Crippen LogP contribution in [0.1, 0.15) is 27.2 Å². The van der Waals surface area contributed by atoms with Crippen LogP contribution < -0.4 is 5.32 Å². The van der Waals surface area contributed by atoms with Crippen molar-refractivity contribution in [1.29, 1.82) is 0 Å². The fourth-order valence-corrected chi connectivity index (χ4v) is 1.42. The minimum Gasteiger partial charge on any atom is -0.481 e. The summed E-state index contributed by atoms with van der Waals surface area (Å²) in [4.78, 5) is 24.0. The Kier molecular flexibility index (Phi) is 7.35. The number of nitrogens with zero attached hydrogens (tertiary/aromatic N) is 1. The van der Waals surface area contributed by atoms with Gasteiger partial charge in [0.1, 0.15) is 0 Å². The van der Waals surface area contributed by atoms with Crippen LogP contribution in [0, 0.1) is 11.8 Å². The first-order valence-electron chi connectivity index (χ1n) is 6.15. The van der Waals surface area contributed by atoms with Crippen LogP contribution >= 0.6 is 0 Å². The number of carbonyl (C=O) groups is 2. The minimum atomic E-state index is -0.906. The van der Waals surface area contributed by atoms with Gasteiger partial charge in [-0.25, -0.2) is 4.79 Å². The van der Waals surface area contributed by atoms with E-state index in [1.54, 1.807) is 14.0 Å². The van der Waals surface area contributed by atoms with E-state index in [4.69, 9.17) is 10.2 Å². The first kappa shape index (κ1) is 16.7. The Balaban J connectivity index is 4.11. The van der Waals surface area contributed by atoms with Gasteiger partial charge in [0, 0.05) is 20.1 Å². The molecule has 0 saturated heterocycles. The van der Waals surface area contributed by atoms with Gasteiger partial charge in [0.2, 0.25) is 0 Å². The molecule has 2 unspecified atom stereocenters. The summed E-state index contributed by atoms with van der Waals surface area (Å²) in [5.41, 5.74) is 0. The zero-order chi connectivity index (χ0) is 14.3. The summed E-state index contributed by atoms with van der Waals surface area (Å²) >= 11 is 0. The van der Waals surface area contributed by atoms with Crippen molar-refractivity contribution in [2.24, 2.45) is 11.8 Å². The topological polar surface area (TPSA) is 89.9 Å². The van der Waals surface area contributed by atoms with Gasteiger partial charge in [-0.15, -0.1) is 0 Å². The number of aliphatic hydroxyl groups excluding tert-OH is 1. The maximum atomic E-state index is 11.6. The third-order valence-electron chi connectivity index (χ3n) is 2.82. The minimum absolute atomic E-state index is 0.0365. The molecule has 0 bridgehead atoms. The first-order valence-corrected chi connectivity index (χ1v) is 6.15. The SMILES string of the molecule is CC(O)CCN(C)C(=O)NCC(C(=O)O)C(C)C. The average molecular weight is 260 g/mol. The van der Waals surface area contributed by atoms with E-state index >= 15 is 0 Å². The molecule has 2 atom stereocenters. The lowest BCUT2D eigenvalue weighted by atomic mass is 9.96. The Hall–Kier alpha value is -1.30. The van der Waals surface area contributed by atoms with E-state index in [-0.39, 0.29) is 18.5 Å². The van der Waals surface area contributed by atoms with Crippen LogP contribution in [-0.4, -0.2) is 53.4 Å². The molecule has 2 amide bonds. The fraction of sp³-hybridized carbons (Fsp3) is 0.833. The van der Waals surface area contributed by atoms with E-state index in [2.05, 4.69) is 5.32 Å². The quantitative estimate of drug-likeness (QED) is 0.630. The van der Waals surface area contributed by atoms with Crippen molar-refractivity contribution in [3.05, 3.63) is 0 Å². The van der Waals surface area contributed by atoms with Crippen molar-refractivity contribution in [2.75, 3.05) is 20.1 Å². The maximum absolute atomic E-state index is 11.6. The van der Waals surface area contributed by atoms with Gasteiger partial charge in [-0.2, -0.15) is 0 Å². The second kappa shape index (κ2) is 7.92. The molecule has 3 N–H and O–H groups in total. The van der Waals surface area contributed by atoms with Gasteiger partial charge in [0.05, 0.1) is 12.0 Å². The van der Waals surface area contributed by atoms with Gasteiger partial charge in [0.25, 0.3) is 0 Å². The Bertz CT molecular complexity index is 279. The van der Waals surface area contributed by atoms with Crippen LogP contribution in [0.2, 0.25) is 0 Å². The predicted molar refractivity (Wildman–Crippen MR) is 68.3 cm³/mol. The summed E-state index contributed by atoms with van der Waals surface area (Å²) in [5.74, 6) is -1.53. The number of amides is 2. The Morgan fingerprint density at radius 3 is 2.22 bits per heavy atom. The van der Waals surface area contributed by atoms with Crippen molar-refractivity contribution in [1.82, 2.24) is 10.2 Å². The maximum Gasteiger partial charge on any atom is 0.317 e. The van der Waals surface area contributed by atoms with Crippen molar-refractivity contribution in [3.8, 4) is 0 Å². The lowest BCUT2D eigenvalue weighted by Gasteiger charge is -2.21. The highest BCUT2D eigenvalue weighted by molar-refractivity contribution is 5.75. The summed E-state index contributed by atoms with van der Waals surface area (Å²) < 4.78 is 0. The van der Waals surface area contributed by atoms with Crippen LogP contribution in [0.25, 0.3) is 0 Å². The van der Waals surface area contributed by atoms with Gasteiger partial charge < -0.3 is 20.4 Å². The lowest BCUT2D eigenvalue weighted by molar-refractivity contribution is -0.142. The highest BCUT2D eigenvalue weighted by Crippen LogP contribution is 2.09. The molecule has 6 heteroatoms. The molecule has 0 heterocycles. The van der Waals surface area contributed by atoms with Crippen LogP contribution in [0.3, 0.4) is 0 Å². The monoisotopic (exact) mass is 260 g/mol. The summed E-state index contributed by atoms with van der Waals surface area (Å²) in [6.45, 7) is 5.82. The van der Waals surface area contributed by atoms with E-state index in [0.717, 1.165) is 0 Å². The van der Waals surface area contributed by atoms with Gasteiger partial charge in [0.15, 0.2) is 0 Å². The summed E-state index contributed by atoms with van der Waals surface area (Å²) in [6, 6.07) is -0.317. The standard InChI is InChI=1S/C12H24N2O4/c1-8(2)10(11(16)17)7-13-12(18)14(4)6-5-9(3)15/h8-10,15H,5-7H2,1-4H3,(H,13,18)(H,16,17). The van der Waals surface area contributed by atoms with E-state index in [1.165, 1.54) is 4.90 Å². The zero-order valence-corrected chi connectivity index (χ0v) is 11.5. The predicted octanol–water partition coefficient (Wildman–Crippen LogP) is 0.755. The average Bonchev–Trinajstić information content (AvgIpc) is 2.24. The summed E-state index contributed by atoms with van der Waals surface area (Å²) in [6.07, 6.45) is 0.0406. The van der Waals surface area contributed by atoms with E-state index in [0.29, 0.717) is 13.0 Å². The Morgan fingerprint density at radius 1 is 1.28 bits per heavy atom. The third-order valence-corrected chi connectivity index (χ3v) is 2.82. The van der Waals surface area contributed by atoms with Gasteiger partial charge >= 0.3 is 12.0 Å². The molecule has 6 nitrogen and oxygen atoms in total. The molecule has 0 fully saturated rings. The highest BCUT2D eigenvalue weighted by atomic mass is 16.4. The van der Waals surface area contributed by atoms with Crippen LogP contribution in [0.5, 0.6) is 0 Å². The van der Waals surface area contributed by atoms with Crippen LogP contribution in [-0.2, 0) is 4.79 Å². The largest absolute Gasteiger partial charge is 0.481 e. The number of carboxylic acids is 1. The molecule has 0 aromatic rings. The highest BCUT2D eigenvalue weighted by Gasteiger charge is 2.22. The Morgan fingerprint density at radius 2 is 1.83 bits per heavy atom.